The summed E-state index contributed by atoms with van der Waals surface area (Å²) in [5, 5.41) is 2.63. The molecule has 1 N–H and O–H groups in total. The molecule has 0 spiro atoms. The van der Waals surface area contributed by atoms with Crippen LogP contribution in [-0.2, 0) is 16.1 Å². The highest BCUT2D eigenvalue weighted by Crippen LogP contribution is 2.43. The zero-order valence-corrected chi connectivity index (χ0v) is 15.2. The van der Waals surface area contributed by atoms with E-state index < -0.39 is 5.97 Å². The number of amides is 1. The molecule has 1 saturated heterocycles. The summed E-state index contributed by atoms with van der Waals surface area (Å²) in [6.45, 7) is -0.0373. The van der Waals surface area contributed by atoms with Gasteiger partial charge in [0.1, 0.15) is 5.76 Å². The van der Waals surface area contributed by atoms with Crippen LogP contribution in [0.5, 0.6) is 0 Å². The summed E-state index contributed by atoms with van der Waals surface area (Å²) >= 11 is 3.87. The molecule has 0 radical (unpaired) electrons. The molecule has 1 fully saturated rings. The van der Waals surface area contributed by atoms with E-state index in [1.807, 2.05) is 35.7 Å². The molecule has 0 atom stereocenters. The number of thioether (sulfide) groups is 2. The van der Waals surface area contributed by atoms with Crippen molar-refractivity contribution in [1.29, 1.82) is 0 Å². The Bertz CT molecular complexity index is 694. The number of carbonyl (C=O) groups is 2. The smallest absolute Gasteiger partial charge is 0.338 e. The van der Waals surface area contributed by atoms with Crippen molar-refractivity contribution in [3.63, 3.8) is 0 Å². The molecule has 7 heteroatoms. The van der Waals surface area contributed by atoms with Gasteiger partial charge in [0.25, 0.3) is 5.91 Å². The molecule has 0 bridgehead atoms. The van der Waals surface area contributed by atoms with Crippen LogP contribution in [0.4, 0.5) is 0 Å². The molecule has 2 aromatic rings. The van der Waals surface area contributed by atoms with E-state index in [-0.39, 0.29) is 19.1 Å². The Morgan fingerprint density at radius 2 is 1.92 bits per heavy atom. The number of ether oxygens (including phenoxy) is 1. The molecule has 5 nitrogen and oxygen atoms in total. The summed E-state index contributed by atoms with van der Waals surface area (Å²) in [6.07, 6.45) is 2.79. The molecule has 1 aromatic heterocycles. The Kier molecular flexibility index (Phi) is 6.47. The number of esters is 1. The average Bonchev–Trinajstić information content (AvgIpc) is 3.19. The van der Waals surface area contributed by atoms with Crippen molar-refractivity contribution < 1.29 is 18.7 Å². The maximum atomic E-state index is 12.0. The fraction of sp³-hybridized carbons (Fsp3) is 0.333. The van der Waals surface area contributed by atoms with Crippen LogP contribution in [-0.4, -0.2) is 30.0 Å². The van der Waals surface area contributed by atoms with Crippen LogP contribution < -0.4 is 5.32 Å². The zero-order valence-electron chi connectivity index (χ0n) is 13.6. The quantitative estimate of drug-likeness (QED) is 0.776. The molecular weight excluding hydrogens is 358 g/mol. The lowest BCUT2D eigenvalue weighted by Gasteiger charge is -2.21. The van der Waals surface area contributed by atoms with Crippen LogP contribution in [0.25, 0.3) is 0 Å². The van der Waals surface area contributed by atoms with E-state index in [9.17, 15) is 9.59 Å². The predicted molar refractivity (Wildman–Crippen MR) is 99.6 cm³/mol. The van der Waals surface area contributed by atoms with Gasteiger partial charge in [-0.25, -0.2) is 4.79 Å². The van der Waals surface area contributed by atoms with Gasteiger partial charge in [-0.1, -0.05) is 12.1 Å². The van der Waals surface area contributed by atoms with Gasteiger partial charge < -0.3 is 14.5 Å². The maximum Gasteiger partial charge on any atom is 0.338 e. The van der Waals surface area contributed by atoms with Gasteiger partial charge in [-0.15, -0.1) is 23.5 Å². The normalized spacial score (nSPS) is 14.9. The van der Waals surface area contributed by atoms with Gasteiger partial charge in [0.15, 0.2) is 6.61 Å². The van der Waals surface area contributed by atoms with Crippen LogP contribution in [0, 0.1) is 0 Å². The second-order valence-corrected chi connectivity index (χ2v) is 8.21. The Morgan fingerprint density at radius 1 is 1.16 bits per heavy atom. The third-order valence-electron chi connectivity index (χ3n) is 3.62. The van der Waals surface area contributed by atoms with Gasteiger partial charge >= 0.3 is 5.97 Å². The largest absolute Gasteiger partial charge is 0.467 e. The van der Waals surface area contributed by atoms with Crippen molar-refractivity contribution in [3.8, 4) is 0 Å². The molecular formula is C18H19NO4S2. The lowest BCUT2D eigenvalue weighted by Crippen LogP contribution is -2.28. The zero-order chi connectivity index (χ0) is 17.5. The number of benzene rings is 1. The molecule has 1 aliphatic rings. The SMILES string of the molecule is O=C(COC(=O)c1ccc(C2SCCCS2)cc1)NCc1ccco1. The second kappa shape index (κ2) is 9.01. The molecule has 132 valence electrons. The first kappa shape index (κ1) is 17.9. The number of hydrogen-bond donors (Lipinski definition) is 1. The molecule has 3 rings (SSSR count). The van der Waals surface area contributed by atoms with E-state index >= 15 is 0 Å². The molecule has 0 aliphatic carbocycles. The number of nitrogens with one attached hydrogen (secondary N) is 1. The topological polar surface area (TPSA) is 68.5 Å². The van der Waals surface area contributed by atoms with Gasteiger partial charge in [-0.3, -0.25) is 4.79 Å². The molecule has 0 unspecified atom stereocenters. The van der Waals surface area contributed by atoms with E-state index in [0.29, 0.717) is 15.9 Å². The Labute approximate surface area is 154 Å². The molecule has 2 heterocycles. The van der Waals surface area contributed by atoms with Gasteiger partial charge in [0, 0.05) is 0 Å². The van der Waals surface area contributed by atoms with Crippen LogP contribution in [0.2, 0.25) is 0 Å². The number of rotatable bonds is 6. The summed E-state index contributed by atoms with van der Waals surface area (Å²) in [7, 11) is 0. The summed E-state index contributed by atoms with van der Waals surface area (Å²) in [6, 6.07) is 10.9. The van der Waals surface area contributed by atoms with E-state index in [0.717, 1.165) is 0 Å². The molecule has 0 saturated carbocycles. The lowest BCUT2D eigenvalue weighted by atomic mass is 10.1. The summed E-state index contributed by atoms with van der Waals surface area (Å²) < 4.78 is 10.6. The lowest BCUT2D eigenvalue weighted by molar-refractivity contribution is -0.124. The van der Waals surface area contributed by atoms with Gasteiger partial charge in [0.2, 0.25) is 0 Å². The first-order valence-electron chi connectivity index (χ1n) is 8.02. The molecule has 1 aliphatic heterocycles. The summed E-state index contributed by atoms with van der Waals surface area (Å²) in [5.74, 6) is 2.14. The van der Waals surface area contributed by atoms with Crippen molar-refractivity contribution in [1.82, 2.24) is 5.32 Å². The monoisotopic (exact) mass is 377 g/mol. The Morgan fingerprint density at radius 3 is 2.60 bits per heavy atom. The van der Waals surface area contributed by atoms with E-state index in [1.165, 1.54) is 29.8 Å². The van der Waals surface area contributed by atoms with Gasteiger partial charge in [-0.2, -0.15) is 0 Å². The van der Waals surface area contributed by atoms with E-state index in [2.05, 4.69) is 5.32 Å². The third-order valence-corrected chi connectivity index (χ3v) is 6.64. The standard InChI is InChI=1S/C18H19NO4S2/c20-16(19-11-15-3-1-8-22-15)12-23-17(21)13-4-6-14(7-5-13)18-24-9-2-10-25-18/h1,3-8,18H,2,9-12H2,(H,19,20). The third kappa shape index (κ3) is 5.31. The molecule has 25 heavy (non-hydrogen) atoms. The van der Waals surface area contributed by atoms with Gasteiger partial charge in [-0.05, 0) is 47.8 Å². The molecule has 1 amide bonds. The van der Waals surface area contributed by atoms with Crippen LogP contribution in [0.3, 0.4) is 0 Å². The highest BCUT2D eigenvalue weighted by Gasteiger charge is 2.17. The minimum atomic E-state index is -0.497. The summed E-state index contributed by atoms with van der Waals surface area (Å²) in [4.78, 5) is 23.7. The Balaban J connectivity index is 1.45. The highest BCUT2D eigenvalue weighted by atomic mass is 32.2. The van der Waals surface area contributed by atoms with Crippen molar-refractivity contribution in [2.24, 2.45) is 0 Å². The number of carbonyl (C=O) groups excluding carboxylic acids is 2. The van der Waals surface area contributed by atoms with Gasteiger partial charge in [0.05, 0.1) is 23.0 Å². The maximum absolute atomic E-state index is 12.0. The summed E-state index contributed by atoms with van der Waals surface area (Å²) in [5.41, 5.74) is 1.66. The number of furan rings is 1. The highest BCUT2D eigenvalue weighted by molar-refractivity contribution is 8.16. The fourth-order valence-corrected chi connectivity index (χ4v) is 5.22. The van der Waals surface area contributed by atoms with Crippen LogP contribution in [0.1, 0.15) is 32.7 Å². The van der Waals surface area contributed by atoms with E-state index in [1.54, 1.807) is 24.3 Å². The first-order chi connectivity index (χ1) is 12.2. The minimum Gasteiger partial charge on any atom is -0.467 e. The predicted octanol–water partition coefficient (Wildman–Crippen LogP) is 3.62. The van der Waals surface area contributed by atoms with E-state index in [4.69, 9.17) is 9.15 Å². The van der Waals surface area contributed by atoms with Crippen molar-refractivity contribution in [2.45, 2.75) is 17.5 Å². The van der Waals surface area contributed by atoms with Crippen LogP contribution >= 0.6 is 23.5 Å². The average molecular weight is 377 g/mol. The van der Waals surface area contributed by atoms with Crippen molar-refractivity contribution >= 4 is 35.4 Å². The number of hydrogen-bond acceptors (Lipinski definition) is 6. The molecule has 1 aromatic carbocycles. The van der Waals surface area contributed by atoms with Crippen molar-refractivity contribution in [3.05, 3.63) is 59.5 Å². The first-order valence-corrected chi connectivity index (χ1v) is 10.1. The fourth-order valence-electron chi connectivity index (χ4n) is 2.32. The van der Waals surface area contributed by atoms with Crippen molar-refractivity contribution in [2.75, 3.05) is 18.1 Å². The van der Waals surface area contributed by atoms with Crippen LogP contribution in [0.15, 0.2) is 47.1 Å². The minimum absolute atomic E-state index is 0.273. The Hall–Kier alpha value is -1.86. The second-order valence-electron chi connectivity index (χ2n) is 5.48.